The standard InChI is InChI=1S/C45H64O11Si/c1-43(2,3)57(8,9)56-36(40-39(54-45(6,7)55-40)35-30-51-44(4,5)53-35)29-50-42-37(46)41(49-27-33-23-17-12-18-24-33)38(48-26-32-21-15-11-16-22-32)34(52-42)28-47-25-31-19-13-10-14-20-31/h10-24,34-42,46H,25-30H2,1-9H3/t34-,35-,36-,37+,38-,39-,40-,41-,42-/m1/s1. The third kappa shape index (κ3) is 11.8. The lowest BCUT2D eigenvalue weighted by Gasteiger charge is -2.45. The van der Waals surface area contributed by atoms with E-state index in [0.29, 0.717) is 13.2 Å². The zero-order valence-corrected chi connectivity index (χ0v) is 36.1. The van der Waals surface area contributed by atoms with Crippen molar-refractivity contribution in [2.24, 2.45) is 0 Å². The minimum Gasteiger partial charge on any atom is -0.409 e. The van der Waals surface area contributed by atoms with Crippen molar-refractivity contribution in [3.05, 3.63) is 108 Å². The van der Waals surface area contributed by atoms with Gasteiger partial charge in [0.1, 0.15) is 42.7 Å². The van der Waals surface area contributed by atoms with Gasteiger partial charge >= 0.3 is 0 Å². The Morgan fingerprint density at radius 1 is 0.719 bits per heavy atom. The van der Waals surface area contributed by atoms with Crippen LogP contribution in [0.4, 0.5) is 0 Å². The molecule has 11 nitrogen and oxygen atoms in total. The topological polar surface area (TPSA) is 113 Å². The van der Waals surface area contributed by atoms with Gasteiger partial charge < -0.3 is 52.2 Å². The van der Waals surface area contributed by atoms with Crippen molar-refractivity contribution in [3.63, 3.8) is 0 Å². The van der Waals surface area contributed by atoms with Gasteiger partial charge in [0.2, 0.25) is 0 Å². The van der Waals surface area contributed by atoms with Gasteiger partial charge in [0.25, 0.3) is 0 Å². The highest BCUT2D eigenvalue weighted by Gasteiger charge is 2.55. The van der Waals surface area contributed by atoms with Gasteiger partial charge in [-0.1, -0.05) is 112 Å². The van der Waals surface area contributed by atoms with Crippen LogP contribution in [0.2, 0.25) is 18.1 Å². The van der Waals surface area contributed by atoms with E-state index in [1.165, 1.54) is 0 Å². The maximum absolute atomic E-state index is 12.2. The van der Waals surface area contributed by atoms with E-state index in [4.69, 9.17) is 47.1 Å². The summed E-state index contributed by atoms with van der Waals surface area (Å²) in [6.45, 7) is 20.0. The zero-order chi connectivity index (χ0) is 40.8. The van der Waals surface area contributed by atoms with Crippen molar-refractivity contribution < 1.29 is 52.2 Å². The molecule has 0 unspecified atom stereocenters. The number of benzene rings is 3. The molecule has 9 atom stereocenters. The molecule has 314 valence electrons. The van der Waals surface area contributed by atoms with E-state index in [1.807, 2.05) is 119 Å². The number of aliphatic hydroxyl groups is 1. The maximum Gasteiger partial charge on any atom is 0.192 e. The normalized spacial score (nSPS) is 29.4. The molecule has 3 aliphatic rings. The molecule has 12 heteroatoms. The van der Waals surface area contributed by atoms with Gasteiger partial charge in [-0.05, 0) is 62.5 Å². The van der Waals surface area contributed by atoms with Gasteiger partial charge in [-0.25, -0.2) is 0 Å². The second-order valence-corrected chi connectivity index (χ2v) is 22.5. The second kappa shape index (κ2) is 18.8. The van der Waals surface area contributed by atoms with Gasteiger partial charge in [-0.3, -0.25) is 0 Å². The van der Waals surface area contributed by atoms with Gasteiger partial charge in [0.05, 0.1) is 45.7 Å². The summed E-state index contributed by atoms with van der Waals surface area (Å²) < 4.78 is 65.4. The Balaban J connectivity index is 1.27. The molecule has 0 aromatic heterocycles. The van der Waals surface area contributed by atoms with Gasteiger partial charge in [-0.15, -0.1) is 0 Å². The molecule has 0 aliphatic carbocycles. The minimum atomic E-state index is -2.42. The summed E-state index contributed by atoms with van der Waals surface area (Å²) in [5.41, 5.74) is 2.98. The summed E-state index contributed by atoms with van der Waals surface area (Å²) in [5, 5.41) is 12.1. The molecule has 3 aliphatic heterocycles. The lowest BCUT2D eigenvalue weighted by molar-refractivity contribution is -0.322. The number of ether oxygens (including phenoxy) is 9. The Hall–Kier alpha value is -2.56. The van der Waals surface area contributed by atoms with Crippen LogP contribution in [0.5, 0.6) is 0 Å². The predicted molar refractivity (Wildman–Crippen MR) is 218 cm³/mol. The van der Waals surface area contributed by atoms with Crippen LogP contribution in [0.3, 0.4) is 0 Å². The number of rotatable bonds is 17. The van der Waals surface area contributed by atoms with Crippen LogP contribution in [-0.4, -0.2) is 99.9 Å². The van der Waals surface area contributed by atoms with Crippen LogP contribution < -0.4 is 0 Å². The Morgan fingerprint density at radius 3 is 1.79 bits per heavy atom. The minimum absolute atomic E-state index is 0.0321. The lowest BCUT2D eigenvalue weighted by Crippen LogP contribution is -2.61. The van der Waals surface area contributed by atoms with E-state index in [9.17, 15) is 5.11 Å². The summed E-state index contributed by atoms with van der Waals surface area (Å²) in [4.78, 5) is 0. The highest BCUT2D eigenvalue weighted by molar-refractivity contribution is 6.74. The first-order valence-electron chi connectivity index (χ1n) is 20.2. The Morgan fingerprint density at radius 2 is 1.26 bits per heavy atom. The zero-order valence-electron chi connectivity index (χ0n) is 35.1. The summed E-state index contributed by atoms with van der Waals surface area (Å²) in [6, 6.07) is 29.7. The second-order valence-electron chi connectivity index (χ2n) is 17.7. The maximum atomic E-state index is 12.2. The van der Waals surface area contributed by atoms with E-state index in [1.54, 1.807) is 0 Å². The highest BCUT2D eigenvalue weighted by Crippen LogP contribution is 2.42. The first-order chi connectivity index (χ1) is 27.0. The van der Waals surface area contributed by atoms with Crippen LogP contribution in [-0.2, 0) is 66.9 Å². The van der Waals surface area contributed by atoms with E-state index < -0.39 is 75.0 Å². The third-order valence-corrected chi connectivity index (χ3v) is 15.7. The summed E-state index contributed by atoms with van der Waals surface area (Å²) in [7, 11) is -2.42. The predicted octanol–water partition coefficient (Wildman–Crippen LogP) is 7.54. The molecule has 0 bridgehead atoms. The molecular weight excluding hydrogens is 745 g/mol. The molecule has 6 rings (SSSR count). The smallest absolute Gasteiger partial charge is 0.192 e. The van der Waals surface area contributed by atoms with E-state index >= 15 is 0 Å². The first-order valence-corrected chi connectivity index (χ1v) is 23.1. The van der Waals surface area contributed by atoms with Crippen molar-refractivity contribution in [2.75, 3.05) is 19.8 Å². The fourth-order valence-electron chi connectivity index (χ4n) is 7.17. The molecule has 3 aromatic rings. The van der Waals surface area contributed by atoms with Crippen molar-refractivity contribution in [2.45, 2.75) is 153 Å². The Labute approximate surface area is 340 Å². The number of hydrogen-bond donors (Lipinski definition) is 1. The van der Waals surface area contributed by atoms with Crippen molar-refractivity contribution in [1.29, 1.82) is 0 Å². The largest absolute Gasteiger partial charge is 0.409 e. The van der Waals surface area contributed by atoms with Gasteiger partial charge in [0.15, 0.2) is 26.2 Å². The fraction of sp³-hybridized carbons (Fsp3) is 0.600. The first kappa shape index (κ1) is 44.0. The van der Waals surface area contributed by atoms with E-state index in [-0.39, 0.29) is 31.5 Å². The molecule has 0 amide bonds. The average molecular weight is 809 g/mol. The molecule has 3 heterocycles. The van der Waals surface area contributed by atoms with Crippen LogP contribution in [0.25, 0.3) is 0 Å². The molecule has 0 radical (unpaired) electrons. The van der Waals surface area contributed by atoms with Gasteiger partial charge in [-0.2, -0.15) is 0 Å². The molecule has 3 fully saturated rings. The third-order valence-electron chi connectivity index (χ3n) is 11.2. The Bertz CT molecular complexity index is 1650. The summed E-state index contributed by atoms with van der Waals surface area (Å²) in [5.74, 6) is -1.68. The monoisotopic (exact) mass is 808 g/mol. The molecule has 0 spiro atoms. The number of hydrogen-bond acceptors (Lipinski definition) is 11. The number of aliphatic hydroxyl groups excluding tert-OH is 1. The average Bonchev–Trinajstić information content (AvgIpc) is 3.70. The molecule has 1 N–H and O–H groups in total. The van der Waals surface area contributed by atoms with Crippen LogP contribution >= 0.6 is 0 Å². The van der Waals surface area contributed by atoms with Gasteiger partial charge in [0, 0.05) is 0 Å². The van der Waals surface area contributed by atoms with Crippen molar-refractivity contribution in [3.8, 4) is 0 Å². The Kier molecular flexibility index (Phi) is 14.5. The van der Waals surface area contributed by atoms with E-state index in [0.717, 1.165) is 16.7 Å². The molecule has 57 heavy (non-hydrogen) atoms. The van der Waals surface area contributed by atoms with Crippen LogP contribution in [0, 0.1) is 0 Å². The molecule has 3 aromatic carbocycles. The fourth-order valence-corrected chi connectivity index (χ4v) is 8.48. The molecule has 3 saturated heterocycles. The van der Waals surface area contributed by atoms with Crippen LogP contribution in [0.1, 0.15) is 65.2 Å². The summed E-state index contributed by atoms with van der Waals surface area (Å²) >= 11 is 0. The summed E-state index contributed by atoms with van der Waals surface area (Å²) in [6.07, 6.45) is -6.60. The van der Waals surface area contributed by atoms with Crippen molar-refractivity contribution in [1.82, 2.24) is 0 Å². The lowest BCUT2D eigenvalue weighted by atomic mass is 9.98. The van der Waals surface area contributed by atoms with Crippen LogP contribution in [0.15, 0.2) is 91.0 Å². The van der Waals surface area contributed by atoms with E-state index in [2.05, 4.69) is 33.9 Å². The molecule has 0 saturated carbocycles. The molecular formula is C45H64O11Si. The SMILES string of the molecule is CC1(C)O[C@H]([C@H]2COC(C)(C)O2)[C@@H]([C@@H](CO[C@@H]2O[C@H](COCc3ccccc3)[C@@H](OCc3ccccc3)[C@H](OCc3ccccc3)[C@@H]2O)O[Si](C)(C)C(C)(C)C)O1. The highest BCUT2D eigenvalue weighted by atomic mass is 28.4. The quantitative estimate of drug-likeness (QED) is 0.137. The van der Waals surface area contributed by atoms with Crippen molar-refractivity contribution >= 4 is 8.32 Å².